The minimum atomic E-state index is 0.980. The highest BCUT2D eigenvalue weighted by Crippen LogP contribution is 2.41. The lowest BCUT2D eigenvalue weighted by atomic mass is 10.0. The Balaban J connectivity index is 1.60. The molecule has 1 saturated heterocycles. The lowest BCUT2D eigenvalue weighted by Crippen LogP contribution is -2.21. The second-order valence-corrected chi connectivity index (χ2v) is 5.78. The van der Waals surface area contributed by atoms with Crippen LogP contribution in [0.15, 0.2) is 30.3 Å². The summed E-state index contributed by atoms with van der Waals surface area (Å²) in [7, 11) is 0. The van der Waals surface area contributed by atoms with Gasteiger partial charge in [-0.05, 0) is 36.2 Å². The van der Waals surface area contributed by atoms with E-state index in [9.17, 15) is 0 Å². The maximum absolute atomic E-state index is 2.65. The summed E-state index contributed by atoms with van der Waals surface area (Å²) in [6.07, 6.45) is 2.94. The van der Waals surface area contributed by atoms with Crippen LogP contribution >= 0.6 is 0 Å². The van der Waals surface area contributed by atoms with Crippen molar-refractivity contribution in [3.63, 3.8) is 0 Å². The van der Waals surface area contributed by atoms with Gasteiger partial charge in [0, 0.05) is 19.6 Å². The number of likely N-dealkylation sites (tertiary alicyclic amines) is 1. The third-order valence-electron chi connectivity index (χ3n) is 4.31. The Morgan fingerprint density at radius 3 is 2.31 bits per heavy atom. The van der Waals surface area contributed by atoms with Crippen LogP contribution in [0.5, 0.6) is 0 Å². The van der Waals surface area contributed by atoms with E-state index in [0.717, 1.165) is 24.3 Å². The molecule has 0 bridgehead atoms. The molecule has 1 unspecified atom stereocenters. The first-order chi connectivity index (χ1) is 7.81. The molecule has 1 heterocycles. The van der Waals surface area contributed by atoms with Gasteiger partial charge < -0.3 is 0 Å². The van der Waals surface area contributed by atoms with Crippen LogP contribution in [0.4, 0.5) is 0 Å². The molecule has 2 aliphatic rings. The van der Waals surface area contributed by atoms with Gasteiger partial charge >= 0.3 is 0 Å². The predicted molar refractivity (Wildman–Crippen MR) is 67.1 cm³/mol. The molecule has 1 aliphatic heterocycles. The first kappa shape index (κ1) is 10.3. The largest absolute Gasteiger partial charge is 0.299 e. The molecular formula is C15H21N. The van der Waals surface area contributed by atoms with Crippen molar-refractivity contribution in [1.82, 2.24) is 4.90 Å². The number of hydrogen-bond donors (Lipinski definition) is 0. The number of rotatable bonds is 2. The van der Waals surface area contributed by atoms with Crippen molar-refractivity contribution in [3.05, 3.63) is 35.9 Å². The van der Waals surface area contributed by atoms with E-state index in [2.05, 4.69) is 42.2 Å². The van der Waals surface area contributed by atoms with Gasteiger partial charge in [0.25, 0.3) is 0 Å². The molecule has 16 heavy (non-hydrogen) atoms. The zero-order valence-corrected chi connectivity index (χ0v) is 10.1. The van der Waals surface area contributed by atoms with Gasteiger partial charge in [-0.1, -0.05) is 37.3 Å². The fraction of sp³-hybridized carbons (Fsp3) is 0.600. The van der Waals surface area contributed by atoms with E-state index in [-0.39, 0.29) is 0 Å². The van der Waals surface area contributed by atoms with Crippen LogP contribution in [-0.4, -0.2) is 18.0 Å². The zero-order valence-electron chi connectivity index (χ0n) is 10.1. The Hall–Kier alpha value is -0.820. The summed E-state index contributed by atoms with van der Waals surface area (Å²) < 4.78 is 0. The third-order valence-corrected chi connectivity index (χ3v) is 4.31. The van der Waals surface area contributed by atoms with E-state index in [4.69, 9.17) is 0 Å². The molecule has 2 fully saturated rings. The van der Waals surface area contributed by atoms with Gasteiger partial charge in [0.15, 0.2) is 0 Å². The van der Waals surface area contributed by atoms with Crippen LogP contribution in [0.1, 0.15) is 25.3 Å². The predicted octanol–water partition coefficient (Wildman–Crippen LogP) is 3.16. The maximum Gasteiger partial charge on any atom is 0.0233 e. The smallest absolute Gasteiger partial charge is 0.0233 e. The molecule has 1 saturated carbocycles. The Morgan fingerprint density at radius 2 is 1.69 bits per heavy atom. The maximum atomic E-state index is 2.65. The van der Waals surface area contributed by atoms with Crippen LogP contribution in [0, 0.1) is 17.8 Å². The molecule has 1 heteroatoms. The van der Waals surface area contributed by atoms with E-state index in [1.807, 2.05) is 0 Å². The highest BCUT2D eigenvalue weighted by Gasteiger charge is 2.38. The fourth-order valence-electron chi connectivity index (χ4n) is 3.67. The standard InChI is InChI=1S/C15H21N/c1-12-7-14-10-16(11-15(14)8-12)9-13-5-3-2-4-6-13/h2-6,12,14-15H,7-11H2,1H3/t12?,14-,15+. The quantitative estimate of drug-likeness (QED) is 0.732. The van der Waals surface area contributed by atoms with E-state index in [1.54, 1.807) is 0 Å². The molecule has 1 aliphatic carbocycles. The van der Waals surface area contributed by atoms with Crippen LogP contribution in [0.3, 0.4) is 0 Å². The second kappa shape index (κ2) is 4.21. The molecule has 0 N–H and O–H groups in total. The van der Waals surface area contributed by atoms with Crippen molar-refractivity contribution in [2.45, 2.75) is 26.3 Å². The summed E-state index contributed by atoms with van der Waals surface area (Å²) in [4.78, 5) is 2.65. The van der Waals surface area contributed by atoms with Crippen molar-refractivity contribution < 1.29 is 0 Å². The zero-order chi connectivity index (χ0) is 11.0. The fourth-order valence-corrected chi connectivity index (χ4v) is 3.67. The van der Waals surface area contributed by atoms with Crippen molar-refractivity contribution in [2.24, 2.45) is 17.8 Å². The number of nitrogens with zero attached hydrogens (tertiary/aromatic N) is 1. The molecule has 0 radical (unpaired) electrons. The van der Waals surface area contributed by atoms with Crippen LogP contribution in [0.25, 0.3) is 0 Å². The van der Waals surface area contributed by atoms with Crippen LogP contribution in [0.2, 0.25) is 0 Å². The highest BCUT2D eigenvalue weighted by atomic mass is 15.2. The minimum Gasteiger partial charge on any atom is -0.299 e. The normalized spacial score (nSPS) is 34.2. The second-order valence-electron chi connectivity index (χ2n) is 5.78. The number of benzene rings is 1. The lowest BCUT2D eigenvalue weighted by Gasteiger charge is -2.17. The summed E-state index contributed by atoms with van der Waals surface area (Å²) in [6.45, 7) is 6.25. The van der Waals surface area contributed by atoms with Crippen LogP contribution in [-0.2, 0) is 6.54 Å². The Morgan fingerprint density at radius 1 is 1.06 bits per heavy atom. The van der Waals surface area contributed by atoms with Gasteiger partial charge in [-0.3, -0.25) is 4.90 Å². The molecule has 0 aromatic heterocycles. The molecule has 1 aromatic carbocycles. The molecule has 3 rings (SSSR count). The molecular weight excluding hydrogens is 194 g/mol. The van der Waals surface area contributed by atoms with Gasteiger partial charge in [-0.25, -0.2) is 0 Å². The molecule has 1 nitrogen and oxygen atoms in total. The van der Waals surface area contributed by atoms with Gasteiger partial charge in [0.1, 0.15) is 0 Å². The van der Waals surface area contributed by atoms with Crippen LogP contribution < -0.4 is 0 Å². The Kier molecular flexibility index (Phi) is 2.72. The van der Waals surface area contributed by atoms with E-state index >= 15 is 0 Å². The first-order valence-electron chi connectivity index (χ1n) is 6.57. The first-order valence-corrected chi connectivity index (χ1v) is 6.57. The molecule has 0 spiro atoms. The van der Waals surface area contributed by atoms with Gasteiger partial charge in [0.05, 0.1) is 0 Å². The summed E-state index contributed by atoms with van der Waals surface area (Å²) in [6, 6.07) is 10.9. The monoisotopic (exact) mass is 215 g/mol. The van der Waals surface area contributed by atoms with Gasteiger partial charge in [-0.2, -0.15) is 0 Å². The average molecular weight is 215 g/mol. The summed E-state index contributed by atoms with van der Waals surface area (Å²) in [5, 5.41) is 0. The molecule has 0 amide bonds. The Labute approximate surface area is 98.5 Å². The summed E-state index contributed by atoms with van der Waals surface area (Å²) in [5.41, 5.74) is 1.47. The van der Waals surface area contributed by atoms with Crippen molar-refractivity contribution in [1.29, 1.82) is 0 Å². The summed E-state index contributed by atoms with van der Waals surface area (Å²) >= 11 is 0. The minimum absolute atomic E-state index is 0.980. The number of hydrogen-bond acceptors (Lipinski definition) is 1. The lowest BCUT2D eigenvalue weighted by molar-refractivity contribution is 0.293. The Bertz CT molecular complexity index is 332. The van der Waals surface area contributed by atoms with E-state index in [0.29, 0.717) is 0 Å². The van der Waals surface area contributed by atoms with E-state index in [1.165, 1.54) is 31.5 Å². The summed E-state index contributed by atoms with van der Waals surface area (Å²) in [5.74, 6) is 2.98. The van der Waals surface area contributed by atoms with Gasteiger partial charge in [-0.15, -0.1) is 0 Å². The SMILES string of the molecule is CC1C[C@@H]2CN(Cc3ccccc3)C[C@@H]2C1. The highest BCUT2D eigenvalue weighted by molar-refractivity contribution is 5.14. The van der Waals surface area contributed by atoms with Crippen molar-refractivity contribution >= 4 is 0 Å². The van der Waals surface area contributed by atoms with Crippen molar-refractivity contribution in [3.8, 4) is 0 Å². The molecule has 3 atom stereocenters. The average Bonchev–Trinajstić information content (AvgIpc) is 2.76. The van der Waals surface area contributed by atoms with Gasteiger partial charge in [0.2, 0.25) is 0 Å². The number of fused-ring (bicyclic) bond motifs is 1. The van der Waals surface area contributed by atoms with E-state index < -0.39 is 0 Å². The molecule has 1 aromatic rings. The topological polar surface area (TPSA) is 3.24 Å². The van der Waals surface area contributed by atoms with Crippen molar-refractivity contribution in [2.75, 3.05) is 13.1 Å². The third kappa shape index (κ3) is 2.01. The molecule has 86 valence electrons.